The fraction of sp³-hybridized carbons (Fsp3) is 0.892. The number of likely N-dealkylation sites (tertiary alicyclic amines) is 1. The molecule has 0 aromatic heterocycles. The van der Waals surface area contributed by atoms with Crippen LogP contribution in [0.5, 0.6) is 0 Å². The number of hydrogen-bond acceptors (Lipinski definition) is 5. The molecule has 0 aromatic rings. The number of ether oxygens (including phenoxy) is 1. The Hall–Kier alpha value is -1.15. The summed E-state index contributed by atoms with van der Waals surface area (Å²) in [6, 6.07) is -0.0656. The SMILES string of the molecule is O=C1C2CCCCC2[C@@]2(CC3=C(CCCC3)N(CCN3CCOCC3)C2=O)[C@H](C2CCC(CO)CC2)N1CC1CCCCC1Cl. The molecule has 6 atom stereocenters. The number of hydrogen-bond donors (Lipinski definition) is 1. The molecule has 7 aliphatic rings. The van der Waals surface area contributed by atoms with Gasteiger partial charge in [-0.3, -0.25) is 14.5 Å². The molecule has 3 heterocycles. The molecule has 0 bridgehead atoms. The third kappa shape index (κ3) is 6.15. The Labute approximate surface area is 276 Å². The first-order valence-electron chi connectivity index (χ1n) is 18.9. The van der Waals surface area contributed by atoms with E-state index in [1.54, 1.807) is 0 Å². The summed E-state index contributed by atoms with van der Waals surface area (Å²) >= 11 is 7.03. The second-order valence-electron chi connectivity index (χ2n) is 15.8. The topological polar surface area (TPSA) is 73.3 Å². The van der Waals surface area contributed by atoms with Crippen LogP contribution >= 0.6 is 11.6 Å². The van der Waals surface area contributed by atoms with Crippen LogP contribution in [-0.2, 0) is 14.3 Å². The number of aliphatic hydroxyl groups excluding tert-OH is 1. The second-order valence-corrected chi connectivity index (χ2v) is 16.4. The number of carbonyl (C=O) groups excluding carboxylic acids is 2. The predicted octanol–water partition coefficient (Wildman–Crippen LogP) is 5.98. The minimum absolute atomic E-state index is 0.0445. The number of halogens is 1. The number of alkyl halides is 1. The fourth-order valence-electron chi connectivity index (χ4n) is 11.2. The number of morpholine rings is 1. The average molecular weight is 644 g/mol. The molecule has 4 unspecified atom stereocenters. The summed E-state index contributed by atoms with van der Waals surface area (Å²) in [5.41, 5.74) is 2.31. The maximum Gasteiger partial charge on any atom is 0.235 e. The molecule has 7 nitrogen and oxygen atoms in total. The molecule has 1 spiro atoms. The number of allylic oxidation sites excluding steroid dienone is 2. The number of nitrogens with zero attached hydrogens (tertiary/aromatic N) is 3. The maximum absolute atomic E-state index is 15.7. The zero-order valence-electron chi connectivity index (χ0n) is 27.6. The lowest BCUT2D eigenvalue weighted by atomic mass is 9.50. The van der Waals surface area contributed by atoms with Gasteiger partial charge in [-0.1, -0.05) is 25.7 Å². The minimum atomic E-state index is -0.548. The molecule has 2 amide bonds. The summed E-state index contributed by atoms with van der Waals surface area (Å²) < 4.78 is 5.64. The van der Waals surface area contributed by atoms with Gasteiger partial charge in [0.15, 0.2) is 0 Å². The summed E-state index contributed by atoms with van der Waals surface area (Å²) in [4.78, 5) is 37.6. The molecule has 45 heavy (non-hydrogen) atoms. The molecule has 8 heteroatoms. The summed E-state index contributed by atoms with van der Waals surface area (Å²) in [5.74, 6) is 1.72. The smallest absolute Gasteiger partial charge is 0.235 e. The third-order valence-corrected chi connectivity index (χ3v) is 14.1. The van der Waals surface area contributed by atoms with Crippen molar-refractivity contribution in [3.05, 3.63) is 11.3 Å². The van der Waals surface area contributed by atoms with E-state index in [1.807, 2.05) is 0 Å². The highest BCUT2D eigenvalue weighted by Gasteiger charge is 2.66. The molecule has 3 aliphatic heterocycles. The first kappa shape index (κ1) is 32.4. The highest BCUT2D eigenvalue weighted by atomic mass is 35.5. The molecule has 4 aliphatic carbocycles. The monoisotopic (exact) mass is 643 g/mol. The lowest BCUT2D eigenvalue weighted by Gasteiger charge is -2.63. The van der Waals surface area contributed by atoms with Crippen LogP contribution in [0.25, 0.3) is 0 Å². The van der Waals surface area contributed by atoms with Crippen LogP contribution in [0.15, 0.2) is 11.3 Å². The summed E-state index contributed by atoms with van der Waals surface area (Å²) in [6.45, 7) is 6.02. The van der Waals surface area contributed by atoms with Gasteiger partial charge in [-0.2, -0.15) is 0 Å². The van der Waals surface area contributed by atoms with E-state index in [2.05, 4.69) is 14.7 Å². The zero-order chi connectivity index (χ0) is 31.0. The van der Waals surface area contributed by atoms with E-state index in [0.29, 0.717) is 29.6 Å². The van der Waals surface area contributed by atoms with Gasteiger partial charge in [0.1, 0.15) is 0 Å². The first-order chi connectivity index (χ1) is 22.0. The third-order valence-electron chi connectivity index (χ3n) is 13.5. The summed E-state index contributed by atoms with van der Waals surface area (Å²) in [7, 11) is 0. The number of carbonyl (C=O) groups is 2. The molecule has 7 rings (SSSR count). The standard InChI is InChI=1S/C37H58ClN3O4/c38-32-11-5-1-8-29(32)24-41-34(27-15-13-26(25-42)14-16-27)37(31-10-4-3-9-30(31)35(41)43)23-28-7-2-6-12-33(28)40(36(37)44)18-17-39-19-21-45-22-20-39/h26-27,29-32,34,42H,1-25H2/t26?,27?,29?,30?,31?,32?,34-,37-/m0/s1. The van der Waals surface area contributed by atoms with Gasteiger partial charge in [-0.15, -0.1) is 11.6 Å². The number of fused-ring (bicyclic) bond motifs is 2. The van der Waals surface area contributed by atoms with E-state index in [0.717, 1.165) is 136 Å². The van der Waals surface area contributed by atoms with Crippen LogP contribution in [0.1, 0.15) is 109 Å². The molecule has 3 saturated carbocycles. The van der Waals surface area contributed by atoms with Crippen molar-refractivity contribution in [2.24, 2.45) is 35.0 Å². The van der Waals surface area contributed by atoms with E-state index in [-0.39, 0.29) is 29.9 Å². The Bertz CT molecular complexity index is 1100. The summed E-state index contributed by atoms with van der Waals surface area (Å²) in [5, 5.41) is 10.1. The second kappa shape index (κ2) is 14.1. The quantitative estimate of drug-likeness (QED) is 0.346. The molecule has 252 valence electrons. The number of amides is 2. The van der Waals surface area contributed by atoms with E-state index < -0.39 is 5.41 Å². The number of rotatable bonds is 7. The van der Waals surface area contributed by atoms with Gasteiger partial charge in [-0.05, 0) is 113 Å². The van der Waals surface area contributed by atoms with Crippen molar-refractivity contribution in [2.45, 2.75) is 121 Å². The molecule has 0 aromatic carbocycles. The van der Waals surface area contributed by atoms with Crippen LogP contribution in [0, 0.1) is 35.0 Å². The van der Waals surface area contributed by atoms with Crippen LogP contribution in [0.4, 0.5) is 0 Å². The van der Waals surface area contributed by atoms with Gasteiger partial charge in [0, 0.05) is 62.4 Å². The minimum Gasteiger partial charge on any atom is -0.396 e. The highest BCUT2D eigenvalue weighted by molar-refractivity contribution is 6.20. The Morgan fingerprint density at radius 1 is 0.844 bits per heavy atom. The Morgan fingerprint density at radius 3 is 2.36 bits per heavy atom. The number of piperidine rings is 1. The van der Waals surface area contributed by atoms with E-state index in [1.165, 1.54) is 30.5 Å². The largest absolute Gasteiger partial charge is 0.396 e. The lowest BCUT2D eigenvalue weighted by molar-refractivity contribution is -0.184. The molecular weight excluding hydrogens is 586 g/mol. The fourth-order valence-corrected chi connectivity index (χ4v) is 11.5. The number of aliphatic hydroxyl groups is 1. The van der Waals surface area contributed by atoms with Gasteiger partial charge < -0.3 is 19.6 Å². The predicted molar refractivity (Wildman–Crippen MR) is 177 cm³/mol. The molecule has 2 saturated heterocycles. The lowest BCUT2D eigenvalue weighted by Crippen LogP contribution is -2.72. The van der Waals surface area contributed by atoms with Crippen LogP contribution < -0.4 is 0 Å². The summed E-state index contributed by atoms with van der Waals surface area (Å²) in [6.07, 6.45) is 17.9. The van der Waals surface area contributed by atoms with Gasteiger partial charge in [0.05, 0.1) is 18.6 Å². The van der Waals surface area contributed by atoms with Crippen LogP contribution in [0.2, 0.25) is 0 Å². The van der Waals surface area contributed by atoms with Gasteiger partial charge in [-0.25, -0.2) is 0 Å². The Kier molecular flexibility index (Phi) is 10.2. The van der Waals surface area contributed by atoms with Crippen molar-refractivity contribution < 1.29 is 19.4 Å². The average Bonchev–Trinajstić information content (AvgIpc) is 3.08. The van der Waals surface area contributed by atoms with Crippen LogP contribution in [0.3, 0.4) is 0 Å². The normalized spacial score (nSPS) is 40.1. The Balaban J connectivity index is 1.31. The van der Waals surface area contributed by atoms with Crippen molar-refractivity contribution in [3.63, 3.8) is 0 Å². The van der Waals surface area contributed by atoms with Crippen molar-refractivity contribution in [2.75, 3.05) is 52.5 Å². The van der Waals surface area contributed by atoms with Crippen molar-refractivity contribution in [3.8, 4) is 0 Å². The first-order valence-corrected chi connectivity index (χ1v) is 19.3. The van der Waals surface area contributed by atoms with Gasteiger partial charge in [0.25, 0.3) is 0 Å². The van der Waals surface area contributed by atoms with Crippen molar-refractivity contribution in [1.29, 1.82) is 0 Å². The molecular formula is C37H58ClN3O4. The van der Waals surface area contributed by atoms with Crippen LogP contribution in [-0.4, -0.2) is 95.6 Å². The van der Waals surface area contributed by atoms with E-state index >= 15 is 4.79 Å². The molecule has 0 radical (unpaired) electrons. The molecule has 5 fully saturated rings. The maximum atomic E-state index is 15.7. The highest BCUT2D eigenvalue weighted by Crippen LogP contribution is 2.60. The van der Waals surface area contributed by atoms with Crippen molar-refractivity contribution in [1.82, 2.24) is 14.7 Å². The van der Waals surface area contributed by atoms with Gasteiger partial charge in [0.2, 0.25) is 11.8 Å². The molecule has 1 N–H and O–H groups in total. The zero-order valence-corrected chi connectivity index (χ0v) is 28.4. The van der Waals surface area contributed by atoms with E-state index in [4.69, 9.17) is 16.3 Å². The van der Waals surface area contributed by atoms with Crippen molar-refractivity contribution >= 4 is 23.4 Å². The van der Waals surface area contributed by atoms with E-state index in [9.17, 15) is 9.90 Å². The Morgan fingerprint density at radius 2 is 1.58 bits per heavy atom. The van der Waals surface area contributed by atoms with Gasteiger partial charge >= 0.3 is 0 Å².